The normalized spacial score (nSPS) is 18.2. The lowest BCUT2D eigenvalue weighted by Gasteiger charge is -2.36. The molecule has 8 heteroatoms. The fourth-order valence-corrected chi connectivity index (χ4v) is 3.19. The first-order valence-corrected chi connectivity index (χ1v) is 8.89. The molecule has 22 heavy (non-hydrogen) atoms. The number of rotatable bonds is 6. The van der Waals surface area contributed by atoms with Crippen LogP contribution in [-0.4, -0.2) is 58.0 Å². The molecule has 1 fully saturated rings. The van der Waals surface area contributed by atoms with Crippen LogP contribution in [0.3, 0.4) is 0 Å². The van der Waals surface area contributed by atoms with E-state index < -0.39 is 0 Å². The van der Waals surface area contributed by atoms with E-state index in [9.17, 15) is 0 Å². The molecule has 0 aliphatic carbocycles. The minimum absolute atomic E-state index is 0.235. The Morgan fingerprint density at radius 1 is 1.45 bits per heavy atom. The van der Waals surface area contributed by atoms with Crippen LogP contribution in [0.15, 0.2) is 11.3 Å². The second kappa shape index (κ2) is 8.38. The molecule has 7 nitrogen and oxygen atoms in total. The maximum Gasteiger partial charge on any atom is 0.191 e. The van der Waals surface area contributed by atoms with Gasteiger partial charge in [0, 0.05) is 38.1 Å². The summed E-state index contributed by atoms with van der Waals surface area (Å²) in [6.07, 6.45) is 5.88. The zero-order valence-corrected chi connectivity index (χ0v) is 14.4. The van der Waals surface area contributed by atoms with Gasteiger partial charge in [-0.1, -0.05) is 0 Å². The number of aliphatic imine (C=N–C) groups is 1. The third-order valence-corrected chi connectivity index (χ3v) is 5.36. The number of thioether (sulfide) groups is 1. The van der Waals surface area contributed by atoms with Crippen LogP contribution < -0.4 is 10.6 Å². The number of nitrogens with zero attached hydrogens (tertiary/aromatic N) is 4. The molecule has 0 aromatic carbocycles. The van der Waals surface area contributed by atoms with Crippen LogP contribution in [0.4, 0.5) is 0 Å². The molecular weight excluding hydrogens is 300 g/mol. The number of ether oxygens (including phenoxy) is 1. The van der Waals surface area contributed by atoms with Crippen molar-refractivity contribution in [1.29, 1.82) is 0 Å². The first-order chi connectivity index (χ1) is 10.7. The van der Waals surface area contributed by atoms with Crippen molar-refractivity contribution in [3.63, 3.8) is 0 Å². The van der Waals surface area contributed by atoms with Crippen LogP contribution in [0.5, 0.6) is 0 Å². The Labute approximate surface area is 136 Å². The number of nitrogens with one attached hydrogen (secondary N) is 2. The largest absolute Gasteiger partial charge is 0.381 e. The number of hydrogen-bond acceptors (Lipinski definition) is 5. The van der Waals surface area contributed by atoms with Crippen LogP contribution in [0.25, 0.3) is 0 Å². The van der Waals surface area contributed by atoms with Gasteiger partial charge in [-0.25, -0.2) is 9.98 Å². The molecule has 0 spiro atoms. The summed E-state index contributed by atoms with van der Waals surface area (Å²) < 4.78 is 7.47. The molecule has 1 aromatic heterocycles. The van der Waals surface area contributed by atoms with Crippen LogP contribution in [0, 0.1) is 0 Å². The van der Waals surface area contributed by atoms with E-state index in [0.29, 0.717) is 6.54 Å². The lowest BCUT2D eigenvalue weighted by atomic mass is 9.99. The zero-order chi connectivity index (χ0) is 15.8. The highest BCUT2D eigenvalue weighted by atomic mass is 32.2. The van der Waals surface area contributed by atoms with Crippen LogP contribution in [-0.2, 0) is 18.3 Å². The number of guanidine groups is 1. The fraction of sp³-hybridized carbons (Fsp3) is 0.786. The molecule has 0 bridgehead atoms. The van der Waals surface area contributed by atoms with E-state index >= 15 is 0 Å². The van der Waals surface area contributed by atoms with Gasteiger partial charge in [0.1, 0.15) is 18.7 Å². The van der Waals surface area contributed by atoms with E-state index in [0.717, 1.165) is 50.9 Å². The second-order valence-electron chi connectivity index (χ2n) is 5.35. The van der Waals surface area contributed by atoms with E-state index in [4.69, 9.17) is 4.74 Å². The molecule has 0 atom stereocenters. The molecule has 0 radical (unpaired) electrons. The van der Waals surface area contributed by atoms with E-state index in [1.807, 2.05) is 18.8 Å². The zero-order valence-electron chi connectivity index (χ0n) is 13.6. The molecule has 124 valence electrons. The molecule has 1 saturated heterocycles. The molecule has 1 aliphatic rings. The van der Waals surface area contributed by atoms with Gasteiger partial charge in [-0.15, -0.1) is 0 Å². The highest BCUT2D eigenvalue weighted by Gasteiger charge is 2.31. The van der Waals surface area contributed by atoms with Gasteiger partial charge < -0.3 is 15.4 Å². The quantitative estimate of drug-likeness (QED) is 0.594. The first kappa shape index (κ1) is 17.1. The van der Waals surface area contributed by atoms with Crippen molar-refractivity contribution in [1.82, 2.24) is 25.4 Å². The fourth-order valence-electron chi connectivity index (χ4n) is 2.40. The Morgan fingerprint density at radius 2 is 2.23 bits per heavy atom. The summed E-state index contributed by atoms with van der Waals surface area (Å²) in [5, 5.41) is 10.8. The van der Waals surface area contributed by atoms with Crippen molar-refractivity contribution < 1.29 is 4.74 Å². The molecule has 2 N–H and O–H groups in total. The molecule has 0 saturated carbocycles. The van der Waals surface area contributed by atoms with Gasteiger partial charge >= 0.3 is 0 Å². The van der Waals surface area contributed by atoms with Crippen molar-refractivity contribution >= 4 is 17.7 Å². The third-order valence-electron chi connectivity index (χ3n) is 3.94. The predicted molar refractivity (Wildman–Crippen MR) is 90.1 cm³/mol. The Bertz CT molecular complexity index is 483. The first-order valence-electron chi connectivity index (χ1n) is 7.67. The maximum absolute atomic E-state index is 5.49. The molecule has 0 amide bonds. The number of aryl methyl sites for hydroxylation is 1. The van der Waals surface area contributed by atoms with Gasteiger partial charge in [0.25, 0.3) is 0 Å². The molecule has 1 aliphatic heterocycles. The Balaban J connectivity index is 1.94. The van der Waals surface area contributed by atoms with Crippen molar-refractivity contribution in [3.05, 3.63) is 12.2 Å². The van der Waals surface area contributed by atoms with Crippen LogP contribution in [0.2, 0.25) is 0 Å². The van der Waals surface area contributed by atoms with Gasteiger partial charge in [-0.2, -0.15) is 16.9 Å². The average Bonchev–Trinajstić information content (AvgIpc) is 2.96. The van der Waals surface area contributed by atoms with Gasteiger partial charge in [0.15, 0.2) is 5.96 Å². The smallest absolute Gasteiger partial charge is 0.191 e. The Hall–Kier alpha value is -1.28. The number of hydrogen-bond donors (Lipinski definition) is 2. The van der Waals surface area contributed by atoms with E-state index in [2.05, 4.69) is 38.9 Å². The predicted octanol–water partition coefficient (Wildman–Crippen LogP) is 0.782. The standard InChI is InChI=1S/C14H26N6OS/c1-4-15-13(16-9-12-18-11-19-20(12)2)17-10-14(22-3)5-7-21-8-6-14/h11H,4-10H2,1-3H3,(H2,15,16,17). The van der Waals surface area contributed by atoms with Crippen molar-refractivity contribution in [2.24, 2.45) is 12.0 Å². The monoisotopic (exact) mass is 326 g/mol. The summed E-state index contributed by atoms with van der Waals surface area (Å²) >= 11 is 1.92. The van der Waals surface area contributed by atoms with Crippen molar-refractivity contribution in [2.75, 3.05) is 32.6 Å². The minimum Gasteiger partial charge on any atom is -0.381 e. The molecule has 1 aromatic rings. The third kappa shape index (κ3) is 4.61. The highest BCUT2D eigenvalue weighted by Crippen LogP contribution is 2.32. The summed E-state index contributed by atoms with van der Waals surface area (Å²) in [4.78, 5) is 8.79. The molecule has 2 heterocycles. The summed E-state index contributed by atoms with van der Waals surface area (Å²) in [5.41, 5.74) is 0. The molecule has 0 unspecified atom stereocenters. The Morgan fingerprint density at radius 3 is 2.82 bits per heavy atom. The maximum atomic E-state index is 5.49. The van der Waals surface area contributed by atoms with E-state index in [-0.39, 0.29) is 4.75 Å². The molecule has 2 rings (SSSR count). The molecular formula is C14H26N6OS. The van der Waals surface area contributed by atoms with Crippen molar-refractivity contribution in [2.45, 2.75) is 31.1 Å². The second-order valence-corrected chi connectivity index (χ2v) is 6.62. The lowest BCUT2D eigenvalue weighted by Crippen LogP contribution is -2.47. The topological polar surface area (TPSA) is 76.4 Å². The highest BCUT2D eigenvalue weighted by molar-refractivity contribution is 8.00. The van der Waals surface area contributed by atoms with E-state index in [1.165, 1.54) is 0 Å². The van der Waals surface area contributed by atoms with Gasteiger partial charge in [0.2, 0.25) is 0 Å². The van der Waals surface area contributed by atoms with Gasteiger partial charge in [-0.3, -0.25) is 4.68 Å². The van der Waals surface area contributed by atoms with Crippen molar-refractivity contribution in [3.8, 4) is 0 Å². The van der Waals surface area contributed by atoms with Gasteiger partial charge in [0.05, 0.1) is 0 Å². The summed E-state index contributed by atoms with van der Waals surface area (Å²) in [6.45, 7) is 5.99. The average molecular weight is 326 g/mol. The van der Waals surface area contributed by atoms with E-state index in [1.54, 1.807) is 11.0 Å². The van der Waals surface area contributed by atoms with Crippen LogP contribution >= 0.6 is 11.8 Å². The number of aromatic nitrogens is 3. The lowest BCUT2D eigenvalue weighted by molar-refractivity contribution is 0.0783. The van der Waals surface area contributed by atoms with Gasteiger partial charge in [-0.05, 0) is 26.0 Å². The Kier molecular flexibility index (Phi) is 6.50. The summed E-state index contributed by atoms with van der Waals surface area (Å²) in [6, 6.07) is 0. The SMILES string of the molecule is CCNC(=NCc1ncnn1C)NCC1(SC)CCOCC1. The summed E-state index contributed by atoms with van der Waals surface area (Å²) in [5.74, 6) is 1.67. The minimum atomic E-state index is 0.235. The summed E-state index contributed by atoms with van der Waals surface area (Å²) in [7, 11) is 1.88. The van der Waals surface area contributed by atoms with Crippen LogP contribution in [0.1, 0.15) is 25.6 Å².